The van der Waals surface area contributed by atoms with Gasteiger partial charge < -0.3 is 33.7 Å². The lowest BCUT2D eigenvalue weighted by Crippen LogP contribution is -2.65. The van der Waals surface area contributed by atoms with Crippen LogP contribution in [-0.4, -0.2) is 99.3 Å². The Morgan fingerprint density at radius 3 is 1.77 bits per heavy atom. The maximum absolute atomic E-state index is 14.6. The number of alkyl carbamates (subject to hydrolysis) is 2. The second-order valence-electron chi connectivity index (χ2n) is 20.5. The molecule has 3 rings (SSSR count). The summed E-state index contributed by atoms with van der Waals surface area (Å²) in [4.78, 5) is 62.4. The van der Waals surface area contributed by atoms with E-state index in [9.17, 15) is 27.6 Å². The second kappa shape index (κ2) is 24.6. The molecule has 0 saturated carbocycles. The minimum absolute atomic E-state index is 0.000493. The molecular formula is C51H74N4O13S. The molecule has 0 spiro atoms. The summed E-state index contributed by atoms with van der Waals surface area (Å²) < 4.78 is 64.5. The second-order valence-corrected chi connectivity index (χ2v) is 22.1. The average Bonchev–Trinajstić information content (AvgIpc) is 3.21. The van der Waals surface area contributed by atoms with Crippen molar-refractivity contribution in [3.63, 3.8) is 0 Å². The molecule has 2 atom stereocenters. The van der Waals surface area contributed by atoms with E-state index in [1.165, 1.54) is 4.90 Å². The standard InChI is InChI=1S/C51H74N4O13S/c1-15-63-42(56)51(47(2,3)4,54-45(58)67-49(8,9)10)32-39(31-36-21-27-41(28-22-36)64-29-30-65-69(60,61)35-38-19-17-16-18-20-38)34-55(46(59)68-50(11,12)13)43(53-44(57)66-48(5,6)7)52-33-37-23-25-40(62-14)26-24-37/h16-28,39H,15,29-35H2,1-14H3,(H,54,58)(H,52,53,57)/t39-,51+/m0/s1. The molecule has 0 radical (unpaired) electrons. The van der Waals surface area contributed by atoms with Crippen molar-refractivity contribution >= 4 is 40.3 Å². The fourth-order valence-electron chi connectivity index (χ4n) is 6.85. The van der Waals surface area contributed by atoms with Gasteiger partial charge in [-0.15, -0.1) is 0 Å². The van der Waals surface area contributed by atoms with Crippen molar-refractivity contribution in [2.75, 3.05) is 33.5 Å². The summed E-state index contributed by atoms with van der Waals surface area (Å²) in [6, 6.07) is 22.8. The molecule has 3 amide bonds. The molecule has 0 aliphatic heterocycles. The minimum Gasteiger partial charge on any atom is -0.497 e. The fourth-order valence-corrected chi connectivity index (χ4v) is 7.86. The summed E-state index contributed by atoms with van der Waals surface area (Å²) in [6.07, 6.45) is -2.57. The number of carbonyl (C=O) groups is 4. The highest BCUT2D eigenvalue weighted by Crippen LogP contribution is 2.39. The predicted molar refractivity (Wildman–Crippen MR) is 263 cm³/mol. The Morgan fingerprint density at radius 1 is 0.681 bits per heavy atom. The number of benzene rings is 3. The Kier molecular flexibility index (Phi) is 20.5. The third-order valence-corrected chi connectivity index (χ3v) is 11.2. The van der Waals surface area contributed by atoms with Crippen molar-refractivity contribution in [3.8, 4) is 11.5 Å². The fraction of sp³-hybridized carbons (Fsp3) is 0.549. The van der Waals surface area contributed by atoms with Gasteiger partial charge in [-0.2, -0.15) is 8.42 Å². The van der Waals surface area contributed by atoms with Gasteiger partial charge in [0.2, 0.25) is 5.96 Å². The zero-order chi connectivity index (χ0) is 51.8. The van der Waals surface area contributed by atoms with Crippen LogP contribution in [0.15, 0.2) is 83.9 Å². The number of hydrogen-bond acceptors (Lipinski definition) is 14. The van der Waals surface area contributed by atoms with Crippen LogP contribution in [0.4, 0.5) is 14.4 Å². The van der Waals surface area contributed by atoms with Crippen LogP contribution < -0.4 is 20.1 Å². The Morgan fingerprint density at radius 2 is 1.23 bits per heavy atom. The molecule has 17 nitrogen and oxygen atoms in total. The summed E-state index contributed by atoms with van der Waals surface area (Å²) in [5.74, 6) is -0.898. The molecule has 382 valence electrons. The number of esters is 1. The van der Waals surface area contributed by atoms with Gasteiger partial charge >= 0.3 is 24.2 Å². The largest absolute Gasteiger partial charge is 0.497 e. The van der Waals surface area contributed by atoms with E-state index in [1.54, 1.807) is 176 Å². The molecule has 0 saturated heterocycles. The highest BCUT2D eigenvalue weighted by Gasteiger charge is 2.53. The highest BCUT2D eigenvalue weighted by atomic mass is 32.2. The normalized spacial score (nSPS) is 13.8. The van der Waals surface area contributed by atoms with Crippen LogP contribution in [0.5, 0.6) is 11.5 Å². The zero-order valence-electron chi connectivity index (χ0n) is 42.8. The monoisotopic (exact) mass is 982 g/mol. The van der Waals surface area contributed by atoms with Crippen molar-refractivity contribution in [1.29, 1.82) is 0 Å². The predicted octanol–water partition coefficient (Wildman–Crippen LogP) is 9.36. The molecule has 0 heterocycles. The van der Waals surface area contributed by atoms with E-state index in [0.29, 0.717) is 17.1 Å². The number of guanidine groups is 1. The number of hydrogen-bond donors (Lipinski definition) is 2. The van der Waals surface area contributed by atoms with Gasteiger partial charge in [-0.25, -0.2) is 29.1 Å². The molecule has 0 aromatic heterocycles. The van der Waals surface area contributed by atoms with E-state index >= 15 is 0 Å². The van der Waals surface area contributed by atoms with Crippen LogP contribution >= 0.6 is 0 Å². The summed E-state index contributed by atoms with van der Waals surface area (Å²) >= 11 is 0. The van der Waals surface area contributed by atoms with Crippen LogP contribution in [0.2, 0.25) is 0 Å². The summed E-state index contributed by atoms with van der Waals surface area (Å²) in [7, 11) is -2.31. The quantitative estimate of drug-likeness (QED) is 0.0287. The van der Waals surface area contributed by atoms with E-state index in [0.717, 1.165) is 11.1 Å². The van der Waals surface area contributed by atoms with Crippen molar-refractivity contribution in [2.45, 2.75) is 137 Å². The van der Waals surface area contributed by atoms with E-state index in [4.69, 9.17) is 37.6 Å². The Hall–Kier alpha value is -5.88. The van der Waals surface area contributed by atoms with Gasteiger partial charge in [0, 0.05) is 6.54 Å². The molecule has 69 heavy (non-hydrogen) atoms. The first-order valence-electron chi connectivity index (χ1n) is 22.9. The van der Waals surface area contributed by atoms with Gasteiger partial charge in [-0.1, -0.05) is 75.4 Å². The molecular weight excluding hydrogens is 909 g/mol. The summed E-state index contributed by atoms with van der Waals surface area (Å²) in [5.41, 5.74) is -3.62. The third-order valence-electron chi connectivity index (χ3n) is 9.96. The maximum atomic E-state index is 14.6. The molecule has 0 unspecified atom stereocenters. The number of methoxy groups -OCH3 is 1. The van der Waals surface area contributed by atoms with Gasteiger partial charge in [0.05, 0.1) is 20.3 Å². The van der Waals surface area contributed by atoms with Crippen LogP contribution in [0.3, 0.4) is 0 Å². The molecule has 0 fully saturated rings. The third kappa shape index (κ3) is 20.3. The molecule has 2 N–H and O–H groups in total. The Labute approximate surface area is 409 Å². The summed E-state index contributed by atoms with van der Waals surface area (Å²) in [6.45, 7) is 21.8. The Balaban J connectivity index is 2.17. The van der Waals surface area contributed by atoms with E-state index in [-0.39, 0.29) is 57.5 Å². The molecule has 0 aliphatic carbocycles. The zero-order valence-corrected chi connectivity index (χ0v) is 43.7. The lowest BCUT2D eigenvalue weighted by molar-refractivity contribution is -0.158. The minimum atomic E-state index is -3.86. The van der Waals surface area contributed by atoms with E-state index in [2.05, 4.69) is 10.6 Å². The average molecular weight is 983 g/mol. The number of nitrogens with one attached hydrogen (secondary N) is 2. The number of ether oxygens (including phenoxy) is 6. The molecule has 0 aliphatic rings. The van der Waals surface area contributed by atoms with Crippen LogP contribution in [0.1, 0.15) is 113 Å². The van der Waals surface area contributed by atoms with Gasteiger partial charge in [0.1, 0.15) is 52.8 Å². The van der Waals surface area contributed by atoms with Gasteiger partial charge in [0.25, 0.3) is 10.1 Å². The van der Waals surface area contributed by atoms with E-state index in [1.807, 2.05) is 0 Å². The lowest BCUT2D eigenvalue weighted by atomic mass is 9.68. The number of amides is 3. The first-order valence-corrected chi connectivity index (χ1v) is 24.5. The van der Waals surface area contributed by atoms with Gasteiger partial charge in [-0.3, -0.25) is 9.50 Å². The van der Waals surface area contributed by atoms with Crippen molar-refractivity contribution in [2.24, 2.45) is 16.3 Å². The number of aliphatic imine (C=N–C) groups is 1. The number of carbonyl (C=O) groups excluding carboxylic acids is 4. The molecule has 3 aromatic carbocycles. The van der Waals surface area contributed by atoms with Crippen LogP contribution in [-0.2, 0) is 56.8 Å². The maximum Gasteiger partial charge on any atom is 0.417 e. The Bertz CT molecular complexity index is 2280. The van der Waals surface area contributed by atoms with Crippen molar-refractivity contribution < 1.29 is 60.2 Å². The van der Waals surface area contributed by atoms with Crippen LogP contribution in [0, 0.1) is 11.3 Å². The first-order chi connectivity index (χ1) is 31.9. The highest BCUT2D eigenvalue weighted by molar-refractivity contribution is 7.85. The molecule has 0 bridgehead atoms. The molecule has 18 heteroatoms. The smallest absolute Gasteiger partial charge is 0.417 e. The number of nitrogens with zero attached hydrogens (tertiary/aromatic N) is 2. The number of rotatable bonds is 19. The van der Waals surface area contributed by atoms with Crippen molar-refractivity contribution in [3.05, 3.63) is 95.6 Å². The summed E-state index contributed by atoms with van der Waals surface area (Å²) in [5, 5.41) is 5.59. The van der Waals surface area contributed by atoms with E-state index < -0.39 is 68.0 Å². The topological polar surface area (TPSA) is 207 Å². The van der Waals surface area contributed by atoms with Gasteiger partial charge in [0.15, 0.2) is 0 Å². The van der Waals surface area contributed by atoms with Gasteiger partial charge in [-0.05, 0) is 134 Å². The molecule has 3 aromatic rings. The van der Waals surface area contributed by atoms with Crippen molar-refractivity contribution in [1.82, 2.24) is 15.5 Å². The van der Waals surface area contributed by atoms with Crippen LogP contribution in [0.25, 0.3) is 0 Å². The first kappa shape index (κ1) is 57.4. The SMILES string of the molecule is CCOC(=O)[C@@](C[C@H](Cc1ccc(OCCOS(=O)(=O)Cc2ccccc2)cc1)CN(C(=O)OC(C)(C)C)C(=NCc1ccc(OC)cc1)NC(=O)OC(C)(C)C)(NC(=O)OC(C)(C)C)C(C)(C)C. The lowest BCUT2D eigenvalue weighted by Gasteiger charge is -2.45.